The van der Waals surface area contributed by atoms with Crippen LogP contribution in [0.3, 0.4) is 0 Å². The first-order valence-electron chi connectivity index (χ1n) is 12.7. The second-order valence-electron chi connectivity index (χ2n) is 9.35. The highest BCUT2D eigenvalue weighted by molar-refractivity contribution is 5.88. The van der Waals surface area contributed by atoms with Crippen LogP contribution >= 0.6 is 0 Å². The van der Waals surface area contributed by atoms with Crippen LogP contribution in [0.2, 0.25) is 0 Å². The molecule has 3 aromatic rings. The number of amides is 2. The molecule has 0 fully saturated rings. The van der Waals surface area contributed by atoms with Gasteiger partial charge in [0.05, 0.1) is 0 Å². The Morgan fingerprint density at radius 2 is 1.64 bits per heavy atom. The Bertz CT molecular complexity index is 1140. The topological polar surface area (TPSA) is 58.6 Å². The van der Waals surface area contributed by atoms with Gasteiger partial charge in [-0.1, -0.05) is 85.6 Å². The fraction of sp³-hybridized carbons (Fsp3) is 0.355. The summed E-state index contributed by atoms with van der Waals surface area (Å²) in [4.78, 5) is 28.8. The van der Waals surface area contributed by atoms with Gasteiger partial charge in [-0.25, -0.2) is 0 Å². The Balaban J connectivity index is 1.90. The third kappa shape index (κ3) is 7.70. The fourth-order valence-electron chi connectivity index (χ4n) is 4.17. The highest BCUT2D eigenvalue weighted by atomic mass is 16.5. The van der Waals surface area contributed by atoms with Crippen molar-refractivity contribution in [1.82, 2.24) is 10.2 Å². The molecule has 0 radical (unpaired) electrons. The molecule has 3 aromatic carbocycles. The lowest BCUT2D eigenvalue weighted by Gasteiger charge is -2.31. The van der Waals surface area contributed by atoms with Crippen LogP contribution in [0.4, 0.5) is 0 Å². The summed E-state index contributed by atoms with van der Waals surface area (Å²) >= 11 is 0. The molecule has 1 atom stereocenters. The van der Waals surface area contributed by atoms with Crippen LogP contribution in [0.5, 0.6) is 5.75 Å². The smallest absolute Gasteiger partial charge is 0.261 e. The van der Waals surface area contributed by atoms with E-state index in [1.54, 1.807) is 4.90 Å². The zero-order valence-corrected chi connectivity index (χ0v) is 21.9. The molecule has 0 bridgehead atoms. The van der Waals surface area contributed by atoms with E-state index in [-0.39, 0.29) is 18.4 Å². The van der Waals surface area contributed by atoms with Crippen LogP contribution < -0.4 is 10.1 Å². The summed E-state index contributed by atoms with van der Waals surface area (Å²) in [7, 11) is 0. The average molecular weight is 487 g/mol. The molecule has 5 nitrogen and oxygen atoms in total. The van der Waals surface area contributed by atoms with Crippen molar-refractivity contribution in [2.45, 2.75) is 59.5 Å². The molecule has 0 aliphatic carbocycles. The van der Waals surface area contributed by atoms with Gasteiger partial charge in [-0.15, -0.1) is 0 Å². The van der Waals surface area contributed by atoms with E-state index < -0.39 is 6.04 Å². The molecule has 190 valence electrons. The molecule has 1 unspecified atom stereocenters. The molecule has 0 aromatic heterocycles. The molecule has 0 heterocycles. The molecule has 0 aliphatic heterocycles. The van der Waals surface area contributed by atoms with E-state index >= 15 is 0 Å². The summed E-state index contributed by atoms with van der Waals surface area (Å²) in [6, 6.07) is 23.1. The van der Waals surface area contributed by atoms with Crippen LogP contribution in [0, 0.1) is 20.8 Å². The third-order valence-electron chi connectivity index (χ3n) is 6.44. The molecule has 36 heavy (non-hydrogen) atoms. The van der Waals surface area contributed by atoms with Crippen molar-refractivity contribution < 1.29 is 14.3 Å². The molecule has 1 N–H and O–H groups in total. The van der Waals surface area contributed by atoms with Crippen LogP contribution in [0.25, 0.3) is 0 Å². The summed E-state index contributed by atoms with van der Waals surface area (Å²) in [5.74, 6) is 0.329. The van der Waals surface area contributed by atoms with E-state index in [0.29, 0.717) is 25.3 Å². The van der Waals surface area contributed by atoms with Gasteiger partial charge in [0.15, 0.2) is 6.61 Å². The summed E-state index contributed by atoms with van der Waals surface area (Å²) in [5, 5.41) is 3.05. The molecule has 0 saturated heterocycles. The number of carbonyl (C=O) groups excluding carboxylic acids is 2. The molecule has 5 heteroatoms. The lowest BCUT2D eigenvalue weighted by molar-refractivity contribution is -0.142. The zero-order chi connectivity index (χ0) is 25.9. The van der Waals surface area contributed by atoms with Crippen molar-refractivity contribution in [2.75, 3.05) is 13.2 Å². The second-order valence-corrected chi connectivity index (χ2v) is 9.35. The standard InChI is InChI=1S/C31H38N2O3/c1-5-6-18-32-31(35)28(20-26-14-8-7-9-15-26)33(21-27-16-10-12-23(2)19-27)30(34)22-36-29-17-11-13-24(3)25(29)4/h7-17,19,28H,5-6,18,20-22H2,1-4H3,(H,32,35). The molecular formula is C31H38N2O3. The lowest BCUT2D eigenvalue weighted by atomic mass is 10.0. The van der Waals surface area contributed by atoms with Gasteiger partial charge in [0.1, 0.15) is 11.8 Å². The minimum Gasteiger partial charge on any atom is -0.483 e. The summed E-state index contributed by atoms with van der Waals surface area (Å²) in [5.41, 5.74) is 5.21. The number of nitrogens with zero attached hydrogens (tertiary/aromatic N) is 1. The Morgan fingerprint density at radius 3 is 2.36 bits per heavy atom. The maximum absolute atomic E-state index is 13.7. The van der Waals surface area contributed by atoms with E-state index in [0.717, 1.165) is 40.7 Å². The van der Waals surface area contributed by atoms with Gasteiger partial charge in [0.2, 0.25) is 5.91 Å². The molecule has 0 spiro atoms. The fourth-order valence-corrected chi connectivity index (χ4v) is 4.17. The van der Waals surface area contributed by atoms with Crippen molar-refractivity contribution in [3.8, 4) is 5.75 Å². The van der Waals surface area contributed by atoms with Crippen LogP contribution in [-0.4, -0.2) is 35.9 Å². The summed E-state index contributed by atoms with van der Waals surface area (Å²) < 4.78 is 5.98. The Hall–Kier alpha value is -3.60. The minimum atomic E-state index is -0.653. The lowest BCUT2D eigenvalue weighted by Crippen LogP contribution is -2.51. The van der Waals surface area contributed by atoms with Crippen molar-refractivity contribution in [3.63, 3.8) is 0 Å². The van der Waals surface area contributed by atoms with Gasteiger partial charge in [0.25, 0.3) is 5.91 Å². The number of unbranched alkanes of at least 4 members (excludes halogenated alkanes) is 1. The number of nitrogens with one attached hydrogen (secondary N) is 1. The Labute approximate surface area is 215 Å². The number of ether oxygens (including phenoxy) is 1. The Kier molecular flexibility index (Phi) is 10.1. The normalized spacial score (nSPS) is 11.6. The number of aryl methyl sites for hydroxylation is 2. The van der Waals surface area contributed by atoms with Gasteiger partial charge < -0.3 is 15.0 Å². The molecule has 3 rings (SSSR count). The SMILES string of the molecule is CCCCNC(=O)C(Cc1ccccc1)N(Cc1cccc(C)c1)C(=O)COc1cccc(C)c1C. The van der Waals surface area contributed by atoms with Gasteiger partial charge in [-0.05, 0) is 55.5 Å². The van der Waals surface area contributed by atoms with Crippen LogP contribution in [0.15, 0.2) is 72.8 Å². The monoisotopic (exact) mass is 486 g/mol. The summed E-state index contributed by atoms with van der Waals surface area (Å²) in [6.07, 6.45) is 2.31. The first-order chi connectivity index (χ1) is 17.4. The van der Waals surface area contributed by atoms with Gasteiger partial charge >= 0.3 is 0 Å². The van der Waals surface area contributed by atoms with Crippen LogP contribution in [-0.2, 0) is 22.6 Å². The van der Waals surface area contributed by atoms with Crippen molar-refractivity contribution in [3.05, 3.63) is 101 Å². The number of hydrogen-bond donors (Lipinski definition) is 1. The number of benzene rings is 3. The van der Waals surface area contributed by atoms with E-state index in [9.17, 15) is 9.59 Å². The number of carbonyl (C=O) groups is 2. The summed E-state index contributed by atoms with van der Waals surface area (Å²) in [6.45, 7) is 8.90. The van der Waals surface area contributed by atoms with E-state index in [2.05, 4.69) is 18.3 Å². The zero-order valence-electron chi connectivity index (χ0n) is 21.9. The van der Waals surface area contributed by atoms with Gasteiger partial charge in [-0.3, -0.25) is 9.59 Å². The highest BCUT2D eigenvalue weighted by Crippen LogP contribution is 2.21. The minimum absolute atomic E-state index is 0.135. The quantitative estimate of drug-likeness (QED) is 0.342. The van der Waals surface area contributed by atoms with Crippen LogP contribution in [0.1, 0.15) is 47.6 Å². The average Bonchev–Trinajstić information content (AvgIpc) is 2.87. The van der Waals surface area contributed by atoms with E-state index in [1.807, 2.05) is 87.5 Å². The maximum Gasteiger partial charge on any atom is 0.261 e. The number of hydrogen-bond acceptors (Lipinski definition) is 3. The largest absolute Gasteiger partial charge is 0.483 e. The van der Waals surface area contributed by atoms with Crippen molar-refractivity contribution in [2.24, 2.45) is 0 Å². The van der Waals surface area contributed by atoms with Gasteiger partial charge in [-0.2, -0.15) is 0 Å². The predicted molar refractivity (Wildman–Crippen MR) is 145 cm³/mol. The van der Waals surface area contributed by atoms with Crippen molar-refractivity contribution >= 4 is 11.8 Å². The third-order valence-corrected chi connectivity index (χ3v) is 6.44. The van der Waals surface area contributed by atoms with Gasteiger partial charge in [0, 0.05) is 19.5 Å². The first kappa shape index (κ1) is 27.0. The van der Waals surface area contributed by atoms with Crippen molar-refractivity contribution in [1.29, 1.82) is 0 Å². The number of rotatable bonds is 12. The molecule has 0 aliphatic rings. The molecule has 2 amide bonds. The maximum atomic E-state index is 13.7. The first-order valence-corrected chi connectivity index (χ1v) is 12.7. The predicted octanol–water partition coefficient (Wildman–Crippen LogP) is 5.55. The molecule has 0 saturated carbocycles. The van der Waals surface area contributed by atoms with E-state index in [1.165, 1.54) is 0 Å². The van der Waals surface area contributed by atoms with E-state index in [4.69, 9.17) is 4.74 Å². The molecular weight excluding hydrogens is 448 g/mol. The highest BCUT2D eigenvalue weighted by Gasteiger charge is 2.30. The Morgan fingerprint density at radius 1 is 0.917 bits per heavy atom. The second kappa shape index (κ2) is 13.5.